The van der Waals surface area contributed by atoms with Gasteiger partial charge in [0.2, 0.25) is 0 Å². The van der Waals surface area contributed by atoms with Gasteiger partial charge in [-0.05, 0) is 30.3 Å². The first-order chi connectivity index (χ1) is 12.8. The quantitative estimate of drug-likeness (QED) is 0.680. The Morgan fingerprint density at radius 1 is 1.15 bits per heavy atom. The lowest BCUT2D eigenvalue weighted by atomic mass is 10.1. The molecule has 0 spiro atoms. The summed E-state index contributed by atoms with van der Waals surface area (Å²) in [6.07, 6.45) is -4.64. The van der Waals surface area contributed by atoms with Crippen LogP contribution in [0.1, 0.15) is 5.69 Å². The fraction of sp³-hybridized carbons (Fsp3) is 0.111. The van der Waals surface area contributed by atoms with E-state index in [4.69, 9.17) is 21.4 Å². The van der Waals surface area contributed by atoms with Crippen LogP contribution in [-0.2, 0) is 11.0 Å². The van der Waals surface area contributed by atoms with Crippen molar-refractivity contribution in [1.29, 1.82) is 0 Å². The van der Waals surface area contributed by atoms with Crippen LogP contribution in [0.2, 0.25) is 5.02 Å². The summed E-state index contributed by atoms with van der Waals surface area (Å²) in [7, 11) is 0. The van der Waals surface area contributed by atoms with Gasteiger partial charge in [-0.25, -0.2) is 9.48 Å². The third-order valence-electron chi connectivity index (χ3n) is 3.57. The average molecular weight is 397 g/mol. The maximum Gasteiger partial charge on any atom is 0.435 e. The lowest BCUT2D eigenvalue weighted by Crippen LogP contribution is -2.09. The molecule has 0 aliphatic carbocycles. The Morgan fingerprint density at radius 2 is 1.89 bits per heavy atom. The molecule has 2 aromatic carbocycles. The van der Waals surface area contributed by atoms with Crippen LogP contribution < -0.4 is 4.74 Å². The van der Waals surface area contributed by atoms with Gasteiger partial charge in [-0.15, -0.1) is 0 Å². The number of aromatic nitrogens is 2. The van der Waals surface area contributed by atoms with Crippen LogP contribution in [0, 0.1) is 0 Å². The SMILES string of the molecule is O=C(O)COc1cccc(-c2cc(C(F)(F)F)nn2-c2ccccc2Cl)c1. The van der Waals surface area contributed by atoms with Gasteiger partial charge in [-0.3, -0.25) is 0 Å². The zero-order valence-corrected chi connectivity index (χ0v) is 14.3. The molecule has 1 N–H and O–H groups in total. The molecule has 0 fully saturated rings. The molecule has 0 aliphatic rings. The van der Waals surface area contributed by atoms with Crippen molar-refractivity contribution in [2.24, 2.45) is 0 Å². The minimum atomic E-state index is -4.64. The first-order valence-corrected chi connectivity index (χ1v) is 8.00. The number of ether oxygens (including phenoxy) is 1. The molecule has 0 saturated carbocycles. The van der Waals surface area contributed by atoms with Crippen LogP contribution in [-0.4, -0.2) is 27.5 Å². The van der Waals surface area contributed by atoms with Gasteiger partial charge in [0, 0.05) is 5.56 Å². The van der Waals surface area contributed by atoms with E-state index < -0.39 is 24.4 Å². The number of hydrogen-bond donors (Lipinski definition) is 1. The van der Waals surface area contributed by atoms with Crippen molar-refractivity contribution in [3.05, 3.63) is 65.3 Å². The van der Waals surface area contributed by atoms with Crippen molar-refractivity contribution >= 4 is 17.6 Å². The topological polar surface area (TPSA) is 64.3 Å². The van der Waals surface area contributed by atoms with Gasteiger partial charge in [0.15, 0.2) is 12.3 Å². The van der Waals surface area contributed by atoms with Gasteiger partial charge in [-0.1, -0.05) is 35.9 Å². The molecule has 0 radical (unpaired) electrons. The Bertz CT molecular complexity index is 986. The van der Waals surface area contributed by atoms with E-state index in [1.165, 1.54) is 12.1 Å². The predicted molar refractivity (Wildman–Crippen MR) is 92.1 cm³/mol. The molecule has 1 heterocycles. The number of aliphatic carboxylic acids is 1. The summed E-state index contributed by atoms with van der Waals surface area (Å²) in [4.78, 5) is 10.6. The van der Waals surface area contributed by atoms with E-state index >= 15 is 0 Å². The van der Waals surface area contributed by atoms with Crippen molar-refractivity contribution in [2.45, 2.75) is 6.18 Å². The second-order valence-electron chi connectivity index (χ2n) is 5.49. The van der Waals surface area contributed by atoms with Crippen LogP contribution in [0.15, 0.2) is 54.6 Å². The summed E-state index contributed by atoms with van der Waals surface area (Å²) >= 11 is 6.13. The van der Waals surface area contributed by atoms with Gasteiger partial charge in [0.25, 0.3) is 0 Å². The lowest BCUT2D eigenvalue weighted by Gasteiger charge is -2.10. The molecular formula is C18H12ClF3N2O3. The van der Waals surface area contributed by atoms with E-state index in [9.17, 15) is 18.0 Å². The highest BCUT2D eigenvalue weighted by Crippen LogP contribution is 2.35. The third kappa shape index (κ3) is 4.22. The molecule has 3 rings (SSSR count). The monoisotopic (exact) mass is 396 g/mol. The zero-order chi connectivity index (χ0) is 19.6. The number of carboxylic acids is 1. The Labute approximate surface area is 156 Å². The van der Waals surface area contributed by atoms with E-state index in [1.807, 2.05) is 0 Å². The lowest BCUT2D eigenvalue weighted by molar-refractivity contribution is -0.141. The molecule has 9 heteroatoms. The summed E-state index contributed by atoms with van der Waals surface area (Å²) in [6.45, 7) is -0.568. The van der Waals surface area contributed by atoms with E-state index in [0.29, 0.717) is 5.56 Å². The normalized spacial score (nSPS) is 11.4. The number of alkyl halides is 3. The largest absolute Gasteiger partial charge is 0.482 e. The average Bonchev–Trinajstić information content (AvgIpc) is 3.06. The van der Waals surface area contributed by atoms with Crippen molar-refractivity contribution in [2.75, 3.05) is 6.61 Å². The summed E-state index contributed by atoms with van der Waals surface area (Å²) in [5, 5.41) is 12.6. The number of halogens is 4. The number of rotatable bonds is 5. The molecule has 5 nitrogen and oxygen atoms in total. The van der Waals surface area contributed by atoms with Gasteiger partial charge < -0.3 is 9.84 Å². The number of hydrogen-bond acceptors (Lipinski definition) is 3. The van der Waals surface area contributed by atoms with Crippen LogP contribution in [0.5, 0.6) is 5.75 Å². The van der Waals surface area contributed by atoms with Crippen molar-refractivity contribution < 1.29 is 27.8 Å². The zero-order valence-electron chi connectivity index (χ0n) is 13.6. The number of para-hydroxylation sites is 1. The van der Waals surface area contributed by atoms with E-state index in [1.54, 1.807) is 36.4 Å². The third-order valence-corrected chi connectivity index (χ3v) is 3.89. The van der Waals surface area contributed by atoms with E-state index in [-0.39, 0.29) is 22.2 Å². The standard InChI is InChI=1S/C18H12ClF3N2O3/c19-13-6-1-2-7-14(13)24-15(9-16(23-24)18(20,21)22)11-4-3-5-12(8-11)27-10-17(25)26/h1-9H,10H2,(H,25,26). The summed E-state index contributed by atoms with van der Waals surface area (Å²) in [5.41, 5.74) is -0.298. The fourth-order valence-corrected chi connectivity index (χ4v) is 2.64. The van der Waals surface area contributed by atoms with Crippen LogP contribution in [0.3, 0.4) is 0 Å². The van der Waals surface area contributed by atoms with Crippen LogP contribution >= 0.6 is 11.6 Å². The highest BCUT2D eigenvalue weighted by Gasteiger charge is 2.35. The smallest absolute Gasteiger partial charge is 0.435 e. The Kier molecular flexibility index (Phi) is 5.09. The number of carboxylic acid groups (broad SMARTS) is 1. The molecule has 1 aromatic heterocycles. The molecule has 0 unspecified atom stereocenters. The van der Waals surface area contributed by atoms with Gasteiger partial charge in [-0.2, -0.15) is 18.3 Å². The summed E-state index contributed by atoms with van der Waals surface area (Å²) < 4.78 is 45.8. The molecule has 0 bridgehead atoms. The van der Waals surface area contributed by atoms with Gasteiger partial charge >= 0.3 is 12.1 Å². The summed E-state index contributed by atoms with van der Waals surface area (Å²) in [5.74, 6) is -0.962. The molecule has 0 aliphatic heterocycles. The van der Waals surface area contributed by atoms with Crippen LogP contribution in [0.4, 0.5) is 13.2 Å². The first-order valence-electron chi connectivity index (χ1n) is 7.63. The molecule has 140 valence electrons. The Hall–Kier alpha value is -3.00. The number of carbonyl (C=O) groups is 1. The highest BCUT2D eigenvalue weighted by atomic mass is 35.5. The highest BCUT2D eigenvalue weighted by molar-refractivity contribution is 6.32. The fourth-order valence-electron chi connectivity index (χ4n) is 2.42. The maximum atomic E-state index is 13.2. The Balaban J connectivity index is 2.12. The molecule has 3 aromatic rings. The van der Waals surface area contributed by atoms with Crippen molar-refractivity contribution in [3.63, 3.8) is 0 Å². The maximum absolute atomic E-state index is 13.2. The van der Waals surface area contributed by atoms with Crippen molar-refractivity contribution in [1.82, 2.24) is 9.78 Å². The summed E-state index contributed by atoms with van der Waals surface area (Å²) in [6, 6.07) is 13.3. The van der Waals surface area contributed by atoms with Crippen LogP contribution in [0.25, 0.3) is 16.9 Å². The number of benzene rings is 2. The predicted octanol–water partition coefficient (Wildman–Crippen LogP) is 4.67. The molecular weight excluding hydrogens is 385 g/mol. The van der Waals surface area contributed by atoms with E-state index in [0.717, 1.165) is 10.7 Å². The minimum Gasteiger partial charge on any atom is -0.482 e. The second-order valence-corrected chi connectivity index (χ2v) is 5.89. The Morgan fingerprint density at radius 3 is 2.56 bits per heavy atom. The van der Waals surface area contributed by atoms with E-state index in [2.05, 4.69) is 5.10 Å². The minimum absolute atomic E-state index is 0.135. The first kappa shape index (κ1) is 18.8. The molecule has 0 amide bonds. The second kappa shape index (κ2) is 7.32. The van der Waals surface area contributed by atoms with Gasteiger partial charge in [0.05, 0.1) is 16.4 Å². The molecule has 0 saturated heterocycles. The molecule has 27 heavy (non-hydrogen) atoms. The van der Waals surface area contributed by atoms with Gasteiger partial charge in [0.1, 0.15) is 5.75 Å². The van der Waals surface area contributed by atoms with Crippen molar-refractivity contribution in [3.8, 4) is 22.7 Å². The molecule has 0 atom stereocenters. The number of nitrogens with zero attached hydrogens (tertiary/aromatic N) is 2.